The molecule has 3 nitrogen and oxygen atoms in total. The van der Waals surface area contributed by atoms with Crippen LogP contribution in [0.4, 0.5) is 4.79 Å². The third-order valence-electron chi connectivity index (χ3n) is 4.28. The highest BCUT2D eigenvalue weighted by Gasteiger charge is 2.19. The first-order valence-electron chi connectivity index (χ1n) is 9.16. The molecule has 0 aromatic carbocycles. The number of carbonyl (C=O) groups is 1. The van der Waals surface area contributed by atoms with E-state index in [0.29, 0.717) is 6.61 Å². The molecule has 124 valence electrons. The molecule has 0 amide bonds. The summed E-state index contributed by atoms with van der Waals surface area (Å²) < 4.78 is 10.4. The van der Waals surface area contributed by atoms with Gasteiger partial charge in [-0.05, 0) is 32.1 Å². The first kappa shape index (κ1) is 18.3. The van der Waals surface area contributed by atoms with Crippen LogP contribution in [0.25, 0.3) is 0 Å². The SMILES string of the molecule is CCCCCCCCCCCCOC(=O)OC1CCCC1. The van der Waals surface area contributed by atoms with Gasteiger partial charge >= 0.3 is 6.16 Å². The van der Waals surface area contributed by atoms with Crippen molar-refractivity contribution in [3.63, 3.8) is 0 Å². The zero-order chi connectivity index (χ0) is 15.2. The second kappa shape index (κ2) is 13.0. The van der Waals surface area contributed by atoms with Gasteiger partial charge in [-0.1, -0.05) is 64.7 Å². The Kier molecular flexibility index (Phi) is 11.3. The molecule has 0 heterocycles. The second-order valence-electron chi connectivity index (χ2n) is 6.30. The first-order valence-corrected chi connectivity index (χ1v) is 9.16. The van der Waals surface area contributed by atoms with Crippen molar-refractivity contribution in [3.05, 3.63) is 0 Å². The van der Waals surface area contributed by atoms with Crippen molar-refractivity contribution >= 4 is 6.16 Å². The Balaban J connectivity index is 1.76. The normalized spacial score (nSPS) is 15.3. The fourth-order valence-corrected chi connectivity index (χ4v) is 2.92. The van der Waals surface area contributed by atoms with E-state index in [1.165, 1.54) is 64.2 Å². The van der Waals surface area contributed by atoms with E-state index in [1.54, 1.807) is 0 Å². The Morgan fingerprint density at radius 2 is 1.38 bits per heavy atom. The van der Waals surface area contributed by atoms with E-state index in [-0.39, 0.29) is 6.10 Å². The van der Waals surface area contributed by atoms with Crippen LogP contribution in [0.1, 0.15) is 96.8 Å². The summed E-state index contributed by atoms with van der Waals surface area (Å²) in [4.78, 5) is 11.4. The van der Waals surface area contributed by atoms with E-state index in [9.17, 15) is 4.79 Å². The summed E-state index contributed by atoms with van der Waals surface area (Å²) in [6.45, 7) is 2.77. The van der Waals surface area contributed by atoms with Crippen LogP contribution in [0.2, 0.25) is 0 Å². The molecule has 0 aromatic heterocycles. The van der Waals surface area contributed by atoms with Crippen molar-refractivity contribution in [1.82, 2.24) is 0 Å². The van der Waals surface area contributed by atoms with Crippen LogP contribution >= 0.6 is 0 Å². The van der Waals surface area contributed by atoms with Gasteiger partial charge in [-0.15, -0.1) is 0 Å². The van der Waals surface area contributed by atoms with Gasteiger partial charge in [0.2, 0.25) is 0 Å². The van der Waals surface area contributed by atoms with Gasteiger partial charge in [0.1, 0.15) is 6.10 Å². The van der Waals surface area contributed by atoms with Gasteiger partial charge in [0.15, 0.2) is 0 Å². The van der Waals surface area contributed by atoms with E-state index < -0.39 is 6.16 Å². The zero-order valence-electron chi connectivity index (χ0n) is 13.9. The number of ether oxygens (including phenoxy) is 2. The number of carbonyl (C=O) groups excluding carboxylic acids is 1. The fraction of sp³-hybridized carbons (Fsp3) is 0.944. The molecular formula is C18H34O3. The molecule has 0 radical (unpaired) electrons. The van der Waals surface area contributed by atoms with Crippen LogP contribution in [-0.2, 0) is 9.47 Å². The molecule has 0 saturated heterocycles. The van der Waals surface area contributed by atoms with Gasteiger partial charge < -0.3 is 9.47 Å². The van der Waals surface area contributed by atoms with Crippen LogP contribution in [0.5, 0.6) is 0 Å². The summed E-state index contributed by atoms with van der Waals surface area (Å²) in [5.74, 6) is 0. The summed E-state index contributed by atoms with van der Waals surface area (Å²) in [6, 6.07) is 0. The van der Waals surface area contributed by atoms with Crippen molar-refractivity contribution < 1.29 is 14.3 Å². The molecule has 21 heavy (non-hydrogen) atoms. The fourth-order valence-electron chi connectivity index (χ4n) is 2.92. The molecule has 1 fully saturated rings. The minimum absolute atomic E-state index is 0.116. The summed E-state index contributed by atoms with van der Waals surface area (Å²) >= 11 is 0. The molecule has 1 saturated carbocycles. The smallest absolute Gasteiger partial charge is 0.434 e. The van der Waals surface area contributed by atoms with Gasteiger partial charge in [-0.25, -0.2) is 4.79 Å². The maximum absolute atomic E-state index is 11.4. The van der Waals surface area contributed by atoms with Gasteiger partial charge in [0.05, 0.1) is 6.61 Å². The topological polar surface area (TPSA) is 35.5 Å². The lowest BCUT2D eigenvalue weighted by atomic mass is 10.1. The minimum Gasteiger partial charge on any atom is -0.434 e. The van der Waals surface area contributed by atoms with Crippen LogP contribution < -0.4 is 0 Å². The summed E-state index contributed by atoms with van der Waals surface area (Å²) in [6.07, 6.45) is 17.0. The molecule has 1 aliphatic rings. The zero-order valence-corrected chi connectivity index (χ0v) is 13.9. The average molecular weight is 298 g/mol. The quantitative estimate of drug-likeness (QED) is 0.327. The van der Waals surface area contributed by atoms with Crippen molar-refractivity contribution in [3.8, 4) is 0 Å². The lowest BCUT2D eigenvalue weighted by Gasteiger charge is -2.11. The van der Waals surface area contributed by atoms with E-state index in [2.05, 4.69) is 6.92 Å². The molecule has 1 aliphatic carbocycles. The Bertz CT molecular complexity index is 247. The third-order valence-corrected chi connectivity index (χ3v) is 4.28. The van der Waals surface area contributed by atoms with Gasteiger partial charge in [0.25, 0.3) is 0 Å². The Morgan fingerprint density at radius 1 is 0.857 bits per heavy atom. The Hall–Kier alpha value is -0.730. The largest absolute Gasteiger partial charge is 0.508 e. The van der Waals surface area contributed by atoms with Crippen LogP contribution in [0.3, 0.4) is 0 Å². The second-order valence-corrected chi connectivity index (χ2v) is 6.30. The predicted octanol–water partition coefficient (Wildman–Crippen LogP) is 6.00. The monoisotopic (exact) mass is 298 g/mol. The maximum Gasteiger partial charge on any atom is 0.508 e. The Morgan fingerprint density at radius 3 is 1.95 bits per heavy atom. The lowest BCUT2D eigenvalue weighted by molar-refractivity contribution is 0.0248. The number of hydrogen-bond donors (Lipinski definition) is 0. The molecule has 3 heteroatoms. The van der Waals surface area contributed by atoms with E-state index in [1.807, 2.05) is 0 Å². The molecule has 0 aliphatic heterocycles. The molecule has 0 aromatic rings. The summed E-state index contributed by atoms with van der Waals surface area (Å²) in [7, 11) is 0. The molecule has 0 atom stereocenters. The van der Waals surface area contributed by atoms with Gasteiger partial charge in [-0.2, -0.15) is 0 Å². The summed E-state index contributed by atoms with van der Waals surface area (Å²) in [5.41, 5.74) is 0. The van der Waals surface area contributed by atoms with Crippen LogP contribution in [0, 0.1) is 0 Å². The predicted molar refractivity (Wildman–Crippen MR) is 86.5 cm³/mol. The lowest BCUT2D eigenvalue weighted by Crippen LogP contribution is -2.16. The van der Waals surface area contributed by atoms with E-state index >= 15 is 0 Å². The number of rotatable bonds is 12. The van der Waals surface area contributed by atoms with Crippen molar-refractivity contribution in [2.24, 2.45) is 0 Å². The number of unbranched alkanes of at least 4 members (excludes halogenated alkanes) is 9. The average Bonchev–Trinajstić information content (AvgIpc) is 2.97. The van der Waals surface area contributed by atoms with Crippen LogP contribution in [0.15, 0.2) is 0 Å². The third kappa shape index (κ3) is 10.6. The summed E-state index contributed by atoms with van der Waals surface area (Å²) in [5, 5.41) is 0. The molecule has 0 N–H and O–H groups in total. The Labute approximate surface area is 130 Å². The van der Waals surface area contributed by atoms with Crippen molar-refractivity contribution in [2.45, 2.75) is 103 Å². The molecule has 1 rings (SSSR count). The molecule has 0 unspecified atom stereocenters. The van der Waals surface area contributed by atoms with E-state index in [4.69, 9.17) is 9.47 Å². The molecular weight excluding hydrogens is 264 g/mol. The highest BCUT2D eigenvalue weighted by molar-refractivity contribution is 5.60. The minimum atomic E-state index is -0.460. The van der Waals surface area contributed by atoms with Crippen molar-refractivity contribution in [1.29, 1.82) is 0 Å². The standard InChI is InChI=1S/C18H34O3/c1-2-3-4-5-6-7-8-9-10-13-16-20-18(19)21-17-14-11-12-15-17/h17H,2-16H2,1H3. The van der Waals surface area contributed by atoms with Gasteiger partial charge in [0, 0.05) is 0 Å². The van der Waals surface area contributed by atoms with Crippen LogP contribution in [-0.4, -0.2) is 18.9 Å². The highest BCUT2D eigenvalue weighted by Crippen LogP contribution is 2.21. The highest BCUT2D eigenvalue weighted by atomic mass is 16.7. The molecule has 0 spiro atoms. The molecule has 0 bridgehead atoms. The maximum atomic E-state index is 11.4. The van der Waals surface area contributed by atoms with Crippen molar-refractivity contribution in [2.75, 3.05) is 6.61 Å². The van der Waals surface area contributed by atoms with E-state index in [0.717, 1.165) is 25.7 Å². The first-order chi connectivity index (χ1) is 10.3. The van der Waals surface area contributed by atoms with Gasteiger partial charge in [-0.3, -0.25) is 0 Å². The number of hydrogen-bond acceptors (Lipinski definition) is 3.